The summed E-state index contributed by atoms with van der Waals surface area (Å²) in [5.74, 6) is 0.950. The standard InChI is InChI=1S/C17H21N3/c18-13-15-9-12-19-16(20-15)17(10-5-2-6-11-17)14-7-3-1-4-8-14/h1,3-4,7-9,12H,2,5-6,10-11,13,18H2. The molecule has 3 heteroatoms. The van der Waals surface area contributed by atoms with Crippen LogP contribution in [0.3, 0.4) is 0 Å². The Bertz CT molecular complexity index is 559. The summed E-state index contributed by atoms with van der Waals surface area (Å²) >= 11 is 0. The molecule has 2 N–H and O–H groups in total. The average Bonchev–Trinajstić information content (AvgIpc) is 2.56. The summed E-state index contributed by atoms with van der Waals surface area (Å²) in [7, 11) is 0. The summed E-state index contributed by atoms with van der Waals surface area (Å²) < 4.78 is 0. The van der Waals surface area contributed by atoms with Crippen molar-refractivity contribution in [2.24, 2.45) is 5.73 Å². The fourth-order valence-electron chi connectivity index (χ4n) is 3.29. The van der Waals surface area contributed by atoms with E-state index in [1.165, 1.54) is 24.8 Å². The van der Waals surface area contributed by atoms with E-state index in [-0.39, 0.29) is 5.41 Å². The molecule has 0 saturated heterocycles. The number of hydrogen-bond acceptors (Lipinski definition) is 3. The van der Waals surface area contributed by atoms with Gasteiger partial charge in [0.05, 0.1) is 11.1 Å². The molecule has 0 unspecified atom stereocenters. The third kappa shape index (κ3) is 2.34. The zero-order chi connectivity index (χ0) is 13.8. The highest BCUT2D eigenvalue weighted by Gasteiger charge is 2.38. The fraction of sp³-hybridized carbons (Fsp3) is 0.412. The Balaban J connectivity index is 2.10. The lowest BCUT2D eigenvalue weighted by atomic mass is 9.68. The number of benzene rings is 1. The highest BCUT2D eigenvalue weighted by atomic mass is 14.9. The molecule has 0 atom stereocenters. The van der Waals surface area contributed by atoms with E-state index in [9.17, 15) is 0 Å². The average molecular weight is 267 g/mol. The van der Waals surface area contributed by atoms with Gasteiger partial charge in [0.15, 0.2) is 0 Å². The number of nitrogens with zero attached hydrogens (tertiary/aromatic N) is 2. The first-order valence-electron chi connectivity index (χ1n) is 7.43. The van der Waals surface area contributed by atoms with E-state index < -0.39 is 0 Å². The number of nitrogens with two attached hydrogens (primary N) is 1. The van der Waals surface area contributed by atoms with Gasteiger partial charge < -0.3 is 5.73 Å². The molecule has 0 aliphatic heterocycles. The van der Waals surface area contributed by atoms with Gasteiger partial charge in [-0.2, -0.15) is 0 Å². The first kappa shape index (κ1) is 13.3. The molecule has 1 aliphatic rings. The van der Waals surface area contributed by atoms with Crippen molar-refractivity contribution in [2.45, 2.75) is 44.1 Å². The second kappa shape index (κ2) is 5.71. The molecule has 0 radical (unpaired) electrons. The molecule has 0 bridgehead atoms. The Morgan fingerprint density at radius 3 is 2.45 bits per heavy atom. The first-order valence-corrected chi connectivity index (χ1v) is 7.43. The Morgan fingerprint density at radius 2 is 1.75 bits per heavy atom. The molecular formula is C17H21N3. The van der Waals surface area contributed by atoms with E-state index in [4.69, 9.17) is 10.7 Å². The number of rotatable bonds is 3. The van der Waals surface area contributed by atoms with Gasteiger partial charge in [0.25, 0.3) is 0 Å². The molecule has 1 aliphatic carbocycles. The van der Waals surface area contributed by atoms with Gasteiger partial charge in [-0.05, 0) is 24.5 Å². The summed E-state index contributed by atoms with van der Waals surface area (Å²) in [5, 5.41) is 0. The lowest BCUT2D eigenvalue weighted by Crippen LogP contribution is -2.33. The second-order valence-electron chi connectivity index (χ2n) is 5.58. The molecule has 1 fully saturated rings. The molecule has 2 aromatic rings. The maximum absolute atomic E-state index is 5.74. The van der Waals surface area contributed by atoms with Crippen LogP contribution >= 0.6 is 0 Å². The minimum atomic E-state index is -0.0231. The first-order chi connectivity index (χ1) is 9.85. The van der Waals surface area contributed by atoms with Crippen LogP contribution < -0.4 is 5.73 Å². The summed E-state index contributed by atoms with van der Waals surface area (Å²) in [5.41, 5.74) is 7.98. The Hall–Kier alpha value is -1.74. The highest BCUT2D eigenvalue weighted by molar-refractivity contribution is 5.33. The molecule has 3 nitrogen and oxygen atoms in total. The zero-order valence-corrected chi connectivity index (χ0v) is 11.8. The molecule has 20 heavy (non-hydrogen) atoms. The Labute approximate surface area is 120 Å². The van der Waals surface area contributed by atoms with Crippen LogP contribution in [0.4, 0.5) is 0 Å². The Kier molecular flexibility index (Phi) is 3.79. The van der Waals surface area contributed by atoms with Gasteiger partial charge >= 0.3 is 0 Å². The van der Waals surface area contributed by atoms with Crippen molar-refractivity contribution < 1.29 is 0 Å². The van der Waals surface area contributed by atoms with Gasteiger partial charge in [-0.1, -0.05) is 49.6 Å². The summed E-state index contributed by atoms with van der Waals surface area (Å²) in [6.07, 6.45) is 7.90. The molecule has 1 saturated carbocycles. The molecule has 1 heterocycles. The molecule has 1 aromatic heterocycles. The van der Waals surface area contributed by atoms with E-state index in [2.05, 4.69) is 35.3 Å². The van der Waals surface area contributed by atoms with E-state index in [1.807, 2.05) is 12.3 Å². The van der Waals surface area contributed by atoms with Crippen molar-refractivity contribution in [3.63, 3.8) is 0 Å². The second-order valence-corrected chi connectivity index (χ2v) is 5.58. The predicted molar refractivity (Wildman–Crippen MR) is 80.2 cm³/mol. The molecule has 104 valence electrons. The smallest absolute Gasteiger partial charge is 0.139 e. The SMILES string of the molecule is NCc1ccnc(C2(c3ccccc3)CCCCC2)n1. The monoisotopic (exact) mass is 267 g/mol. The topological polar surface area (TPSA) is 51.8 Å². The van der Waals surface area contributed by atoms with Crippen LogP contribution in [-0.4, -0.2) is 9.97 Å². The molecular weight excluding hydrogens is 246 g/mol. The van der Waals surface area contributed by atoms with Crippen molar-refractivity contribution in [1.82, 2.24) is 9.97 Å². The van der Waals surface area contributed by atoms with Gasteiger partial charge in [-0.15, -0.1) is 0 Å². The maximum atomic E-state index is 5.74. The van der Waals surface area contributed by atoms with Crippen LogP contribution in [-0.2, 0) is 12.0 Å². The van der Waals surface area contributed by atoms with Crippen LogP contribution in [0.5, 0.6) is 0 Å². The van der Waals surface area contributed by atoms with Crippen LogP contribution in [0.1, 0.15) is 49.2 Å². The van der Waals surface area contributed by atoms with E-state index in [1.54, 1.807) is 0 Å². The van der Waals surface area contributed by atoms with Gasteiger partial charge in [0.1, 0.15) is 5.82 Å². The minimum absolute atomic E-state index is 0.0231. The maximum Gasteiger partial charge on any atom is 0.139 e. The van der Waals surface area contributed by atoms with Crippen molar-refractivity contribution >= 4 is 0 Å². The molecule has 1 aromatic carbocycles. The third-order valence-electron chi connectivity index (χ3n) is 4.38. The van der Waals surface area contributed by atoms with Gasteiger partial charge in [0.2, 0.25) is 0 Å². The van der Waals surface area contributed by atoms with E-state index in [0.717, 1.165) is 24.4 Å². The van der Waals surface area contributed by atoms with Gasteiger partial charge in [-0.3, -0.25) is 0 Å². The zero-order valence-electron chi connectivity index (χ0n) is 11.8. The van der Waals surface area contributed by atoms with Crippen molar-refractivity contribution in [3.8, 4) is 0 Å². The number of aromatic nitrogens is 2. The minimum Gasteiger partial charge on any atom is -0.325 e. The van der Waals surface area contributed by atoms with Crippen LogP contribution in [0, 0.1) is 0 Å². The Morgan fingerprint density at radius 1 is 1.00 bits per heavy atom. The normalized spacial score (nSPS) is 17.9. The van der Waals surface area contributed by atoms with Gasteiger partial charge in [0, 0.05) is 12.7 Å². The number of hydrogen-bond donors (Lipinski definition) is 1. The largest absolute Gasteiger partial charge is 0.325 e. The lowest BCUT2D eigenvalue weighted by Gasteiger charge is -2.36. The quantitative estimate of drug-likeness (QED) is 0.929. The van der Waals surface area contributed by atoms with E-state index >= 15 is 0 Å². The van der Waals surface area contributed by atoms with Crippen LogP contribution in [0.15, 0.2) is 42.6 Å². The molecule has 0 amide bonds. The summed E-state index contributed by atoms with van der Waals surface area (Å²) in [6, 6.07) is 12.6. The van der Waals surface area contributed by atoms with Crippen LogP contribution in [0.25, 0.3) is 0 Å². The summed E-state index contributed by atoms with van der Waals surface area (Å²) in [6.45, 7) is 0.473. The highest BCUT2D eigenvalue weighted by Crippen LogP contribution is 2.43. The predicted octanol–water partition coefficient (Wildman–Crippen LogP) is 3.19. The van der Waals surface area contributed by atoms with Crippen molar-refractivity contribution in [3.05, 3.63) is 59.7 Å². The summed E-state index contributed by atoms with van der Waals surface area (Å²) in [4.78, 5) is 9.32. The molecule has 3 rings (SSSR count). The third-order valence-corrected chi connectivity index (χ3v) is 4.38. The van der Waals surface area contributed by atoms with Crippen LogP contribution in [0.2, 0.25) is 0 Å². The van der Waals surface area contributed by atoms with Gasteiger partial charge in [-0.25, -0.2) is 9.97 Å². The van der Waals surface area contributed by atoms with E-state index in [0.29, 0.717) is 6.54 Å². The lowest BCUT2D eigenvalue weighted by molar-refractivity contribution is 0.329. The fourth-order valence-corrected chi connectivity index (χ4v) is 3.29. The van der Waals surface area contributed by atoms with Crippen molar-refractivity contribution in [1.29, 1.82) is 0 Å². The molecule has 0 spiro atoms. The van der Waals surface area contributed by atoms with Crippen molar-refractivity contribution in [2.75, 3.05) is 0 Å².